The molecule has 0 aliphatic carbocycles. The molecule has 0 bridgehead atoms. The topological polar surface area (TPSA) is 58.6 Å². The van der Waals surface area contributed by atoms with E-state index in [1.54, 1.807) is 11.8 Å². The Bertz CT molecular complexity index is 878. The Morgan fingerprint density at radius 1 is 1.03 bits per heavy atom. The summed E-state index contributed by atoms with van der Waals surface area (Å²) in [6.07, 6.45) is 0.833. The molecular weight excluding hydrogens is 376 g/mol. The van der Waals surface area contributed by atoms with Gasteiger partial charge in [0.2, 0.25) is 5.91 Å². The van der Waals surface area contributed by atoms with Crippen LogP contribution in [-0.4, -0.2) is 35.4 Å². The smallest absolute Gasteiger partial charge is 0.261 e. The maximum absolute atomic E-state index is 13.1. The first-order valence-corrected chi connectivity index (χ1v) is 10.6. The van der Waals surface area contributed by atoms with Crippen molar-refractivity contribution in [3.8, 4) is 5.75 Å². The molecule has 0 heterocycles. The van der Waals surface area contributed by atoms with Crippen LogP contribution in [0, 0.1) is 20.8 Å². The van der Waals surface area contributed by atoms with Crippen molar-refractivity contribution in [2.75, 3.05) is 6.61 Å². The van der Waals surface area contributed by atoms with Crippen LogP contribution in [0.3, 0.4) is 0 Å². The van der Waals surface area contributed by atoms with Crippen LogP contribution >= 0.6 is 0 Å². The van der Waals surface area contributed by atoms with Gasteiger partial charge in [-0.1, -0.05) is 54.4 Å². The van der Waals surface area contributed by atoms with Gasteiger partial charge in [-0.2, -0.15) is 0 Å². The maximum Gasteiger partial charge on any atom is 0.261 e. The molecule has 0 aliphatic heterocycles. The van der Waals surface area contributed by atoms with Gasteiger partial charge >= 0.3 is 0 Å². The van der Waals surface area contributed by atoms with Crippen LogP contribution in [0.4, 0.5) is 0 Å². The number of nitrogens with one attached hydrogen (secondary N) is 1. The van der Waals surface area contributed by atoms with Crippen molar-refractivity contribution in [2.24, 2.45) is 0 Å². The van der Waals surface area contributed by atoms with Crippen molar-refractivity contribution >= 4 is 11.8 Å². The minimum absolute atomic E-state index is 0.0577. The van der Waals surface area contributed by atoms with Crippen LogP contribution in [0.5, 0.6) is 5.75 Å². The quantitative estimate of drug-likeness (QED) is 0.670. The summed E-state index contributed by atoms with van der Waals surface area (Å²) in [7, 11) is 0. The van der Waals surface area contributed by atoms with E-state index in [0.717, 1.165) is 28.7 Å². The van der Waals surface area contributed by atoms with Crippen LogP contribution < -0.4 is 10.1 Å². The molecule has 0 spiro atoms. The van der Waals surface area contributed by atoms with Crippen LogP contribution in [0.1, 0.15) is 49.4 Å². The van der Waals surface area contributed by atoms with Crippen molar-refractivity contribution in [3.63, 3.8) is 0 Å². The van der Waals surface area contributed by atoms with Gasteiger partial charge in [-0.3, -0.25) is 9.59 Å². The van der Waals surface area contributed by atoms with E-state index in [-0.39, 0.29) is 24.5 Å². The summed E-state index contributed by atoms with van der Waals surface area (Å²) in [4.78, 5) is 27.4. The predicted octanol–water partition coefficient (Wildman–Crippen LogP) is 4.32. The normalized spacial score (nSPS) is 12.7. The molecule has 0 saturated carbocycles. The zero-order valence-corrected chi connectivity index (χ0v) is 19.0. The third-order valence-electron chi connectivity index (χ3n) is 5.29. The van der Waals surface area contributed by atoms with E-state index in [1.165, 1.54) is 0 Å². The molecule has 2 atom stereocenters. The molecule has 1 N–H and O–H groups in total. The van der Waals surface area contributed by atoms with Crippen molar-refractivity contribution < 1.29 is 14.3 Å². The Morgan fingerprint density at radius 2 is 1.73 bits per heavy atom. The Balaban J connectivity index is 2.18. The van der Waals surface area contributed by atoms with E-state index in [2.05, 4.69) is 5.32 Å². The Morgan fingerprint density at radius 3 is 2.37 bits per heavy atom. The number of rotatable bonds is 9. The number of benzene rings is 2. The van der Waals surface area contributed by atoms with Crippen molar-refractivity contribution in [1.29, 1.82) is 0 Å². The van der Waals surface area contributed by atoms with E-state index in [4.69, 9.17) is 4.74 Å². The highest BCUT2D eigenvalue weighted by Gasteiger charge is 2.27. The molecule has 0 aromatic heterocycles. The minimum atomic E-state index is -0.602. The number of aryl methyl sites for hydroxylation is 3. The third-order valence-corrected chi connectivity index (χ3v) is 5.29. The number of ether oxygens (including phenoxy) is 1. The summed E-state index contributed by atoms with van der Waals surface area (Å²) in [5.41, 5.74) is 4.22. The van der Waals surface area contributed by atoms with Crippen molar-refractivity contribution in [1.82, 2.24) is 10.2 Å². The maximum atomic E-state index is 13.1. The van der Waals surface area contributed by atoms with Crippen LogP contribution in [0.25, 0.3) is 0 Å². The van der Waals surface area contributed by atoms with Gasteiger partial charge in [0.05, 0.1) is 0 Å². The molecule has 5 heteroatoms. The second-order valence-electron chi connectivity index (χ2n) is 8.06. The highest BCUT2D eigenvalue weighted by atomic mass is 16.5. The standard InChI is InChI=1S/C25H34N2O3/c1-7-20(5)26-25(29)21(6)27(15-22-10-8-9-17(2)14-22)24(28)16-30-23-12-11-18(3)13-19(23)4/h8-14,20-21H,7,15-16H2,1-6H3,(H,26,29)/t20-,21-/m1/s1. The highest BCUT2D eigenvalue weighted by Crippen LogP contribution is 2.19. The second kappa shape index (κ2) is 10.8. The van der Waals surface area contributed by atoms with Gasteiger partial charge in [-0.25, -0.2) is 0 Å². The van der Waals surface area contributed by atoms with Gasteiger partial charge in [-0.05, 0) is 58.2 Å². The summed E-state index contributed by atoms with van der Waals surface area (Å²) in [5, 5.41) is 2.98. The fourth-order valence-electron chi connectivity index (χ4n) is 3.24. The number of hydrogen-bond donors (Lipinski definition) is 1. The predicted molar refractivity (Wildman–Crippen MR) is 120 cm³/mol. The van der Waals surface area contributed by atoms with Crippen molar-refractivity contribution in [3.05, 3.63) is 64.7 Å². The van der Waals surface area contributed by atoms with E-state index in [1.807, 2.05) is 77.1 Å². The average molecular weight is 411 g/mol. The number of carbonyl (C=O) groups excluding carboxylic acids is 2. The summed E-state index contributed by atoms with van der Waals surface area (Å²) < 4.78 is 5.81. The Kier molecular flexibility index (Phi) is 8.46. The third kappa shape index (κ3) is 6.61. The average Bonchev–Trinajstić information content (AvgIpc) is 2.70. The van der Waals surface area contributed by atoms with Crippen LogP contribution in [0.15, 0.2) is 42.5 Å². The van der Waals surface area contributed by atoms with Gasteiger partial charge in [0, 0.05) is 12.6 Å². The fraction of sp³-hybridized carbons (Fsp3) is 0.440. The second-order valence-corrected chi connectivity index (χ2v) is 8.06. The van der Waals surface area contributed by atoms with E-state index >= 15 is 0 Å². The zero-order chi connectivity index (χ0) is 22.3. The number of hydrogen-bond acceptors (Lipinski definition) is 3. The molecule has 0 unspecified atom stereocenters. The summed E-state index contributed by atoms with van der Waals surface area (Å²) in [6.45, 7) is 12.0. The van der Waals surface area contributed by atoms with E-state index < -0.39 is 6.04 Å². The number of amides is 2. The lowest BCUT2D eigenvalue weighted by molar-refractivity contribution is -0.142. The molecular formula is C25H34N2O3. The van der Waals surface area contributed by atoms with Crippen LogP contribution in [-0.2, 0) is 16.1 Å². The Labute approximate surface area is 180 Å². The van der Waals surface area contributed by atoms with Gasteiger partial charge in [0.1, 0.15) is 11.8 Å². The first-order valence-electron chi connectivity index (χ1n) is 10.6. The molecule has 30 heavy (non-hydrogen) atoms. The lowest BCUT2D eigenvalue weighted by Crippen LogP contribution is -2.50. The molecule has 0 saturated heterocycles. The van der Waals surface area contributed by atoms with Gasteiger partial charge < -0.3 is 15.0 Å². The monoisotopic (exact) mass is 410 g/mol. The van der Waals surface area contributed by atoms with E-state index in [9.17, 15) is 9.59 Å². The molecule has 2 aromatic carbocycles. The summed E-state index contributed by atoms with van der Waals surface area (Å²) >= 11 is 0. The first kappa shape index (κ1) is 23.5. The molecule has 2 amide bonds. The van der Waals surface area contributed by atoms with Crippen LogP contribution in [0.2, 0.25) is 0 Å². The van der Waals surface area contributed by atoms with E-state index in [0.29, 0.717) is 12.3 Å². The minimum Gasteiger partial charge on any atom is -0.483 e. The van der Waals surface area contributed by atoms with Gasteiger partial charge in [0.15, 0.2) is 6.61 Å². The molecule has 0 aliphatic rings. The number of carbonyl (C=O) groups is 2. The lowest BCUT2D eigenvalue weighted by Gasteiger charge is -2.29. The largest absolute Gasteiger partial charge is 0.483 e. The molecule has 0 fully saturated rings. The SMILES string of the molecule is CC[C@@H](C)NC(=O)[C@@H](C)N(Cc1cccc(C)c1)C(=O)COc1ccc(C)cc1C. The van der Waals surface area contributed by atoms with Crippen molar-refractivity contribution in [2.45, 2.75) is 66.6 Å². The summed E-state index contributed by atoms with van der Waals surface area (Å²) in [6, 6.07) is 13.3. The van der Waals surface area contributed by atoms with Gasteiger partial charge in [0.25, 0.3) is 5.91 Å². The summed E-state index contributed by atoms with van der Waals surface area (Å²) in [5.74, 6) is 0.307. The molecule has 2 aromatic rings. The lowest BCUT2D eigenvalue weighted by atomic mass is 10.1. The zero-order valence-electron chi connectivity index (χ0n) is 19.0. The first-order chi connectivity index (χ1) is 14.2. The Hall–Kier alpha value is -2.82. The van der Waals surface area contributed by atoms with Gasteiger partial charge in [-0.15, -0.1) is 0 Å². The molecule has 0 radical (unpaired) electrons. The highest BCUT2D eigenvalue weighted by molar-refractivity contribution is 5.88. The fourth-order valence-corrected chi connectivity index (χ4v) is 3.24. The molecule has 2 rings (SSSR count). The molecule has 162 valence electrons. The molecule has 5 nitrogen and oxygen atoms in total. The number of nitrogens with zero attached hydrogens (tertiary/aromatic N) is 1.